The maximum Gasteiger partial charge on any atom is 0.167 e. The van der Waals surface area contributed by atoms with Crippen molar-refractivity contribution in [3.05, 3.63) is 70.8 Å². The molecule has 0 aliphatic heterocycles. The van der Waals surface area contributed by atoms with Crippen LogP contribution in [-0.4, -0.2) is 10.7 Å². The Balaban J connectivity index is 2.00. The van der Waals surface area contributed by atoms with E-state index in [-0.39, 0.29) is 11.6 Å². The highest BCUT2D eigenvalue weighted by molar-refractivity contribution is 7.80. The Bertz CT molecular complexity index is 683. The van der Waals surface area contributed by atoms with Gasteiger partial charge >= 0.3 is 0 Å². The smallest absolute Gasteiger partial charge is 0.167 e. The summed E-state index contributed by atoms with van der Waals surface area (Å²) in [4.78, 5) is 0. The second-order valence-electron chi connectivity index (χ2n) is 7.53. The highest BCUT2D eigenvalue weighted by atomic mass is 32.1. The number of thiocarbonyl (C=S) groups is 1. The molecule has 126 valence electrons. The zero-order valence-electron chi connectivity index (χ0n) is 14.7. The number of hydrogen-bond donors (Lipinski definition) is 2. The molecule has 2 nitrogen and oxygen atoms in total. The fourth-order valence-corrected chi connectivity index (χ4v) is 3.81. The molecule has 0 fully saturated rings. The summed E-state index contributed by atoms with van der Waals surface area (Å²) in [6, 6.07) is 17.6. The zero-order valence-corrected chi connectivity index (χ0v) is 15.5. The van der Waals surface area contributed by atoms with Crippen LogP contribution in [0, 0.1) is 0 Å². The van der Waals surface area contributed by atoms with Crippen LogP contribution in [0.15, 0.2) is 48.5 Å². The molecule has 0 heterocycles. The molecule has 0 saturated carbocycles. The van der Waals surface area contributed by atoms with Gasteiger partial charge in [-0.3, -0.25) is 0 Å². The molecule has 1 aliphatic carbocycles. The lowest BCUT2D eigenvalue weighted by molar-refractivity contribution is 0.503. The molecule has 2 aromatic rings. The van der Waals surface area contributed by atoms with Crippen LogP contribution in [-0.2, 0) is 12.8 Å². The summed E-state index contributed by atoms with van der Waals surface area (Å²) >= 11 is 5.60. The third-order valence-corrected chi connectivity index (χ3v) is 4.61. The SMILES string of the molecule is CC(C)(C)NC(=S)NC1c2ccccc2CCCc2ccccc21. The van der Waals surface area contributed by atoms with E-state index in [1.807, 2.05) is 0 Å². The Morgan fingerprint density at radius 1 is 0.917 bits per heavy atom. The van der Waals surface area contributed by atoms with Crippen molar-refractivity contribution < 1.29 is 0 Å². The topological polar surface area (TPSA) is 24.1 Å². The molecule has 1 aliphatic rings. The first-order chi connectivity index (χ1) is 11.4. The average molecular weight is 339 g/mol. The molecular formula is C21H26N2S. The van der Waals surface area contributed by atoms with Crippen molar-refractivity contribution in [3.8, 4) is 0 Å². The van der Waals surface area contributed by atoms with Gasteiger partial charge in [0, 0.05) is 5.54 Å². The van der Waals surface area contributed by atoms with E-state index in [1.165, 1.54) is 28.7 Å². The van der Waals surface area contributed by atoms with Crippen molar-refractivity contribution in [2.75, 3.05) is 0 Å². The third-order valence-electron chi connectivity index (χ3n) is 4.39. The Labute approximate surface area is 150 Å². The predicted octanol–water partition coefficient (Wildman–Crippen LogP) is 4.53. The molecule has 0 bridgehead atoms. The minimum atomic E-state index is -0.0509. The van der Waals surface area contributed by atoms with Gasteiger partial charge in [0.2, 0.25) is 0 Å². The molecule has 2 aromatic carbocycles. The maximum atomic E-state index is 5.60. The van der Waals surface area contributed by atoms with E-state index < -0.39 is 0 Å². The molecule has 3 heteroatoms. The molecular weight excluding hydrogens is 312 g/mol. The quantitative estimate of drug-likeness (QED) is 0.747. The standard InChI is InChI=1S/C21H26N2S/c1-21(2,3)23-20(24)22-19-17-13-6-4-9-15(17)11-8-12-16-10-5-7-14-18(16)19/h4-7,9-10,13-14,19H,8,11-12H2,1-3H3,(H2,22,23,24). The summed E-state index contributed by atoms with van der Waals surface area (Å²) in [7, 11) is 0. The van der Waals surface area contributed by atoms with E-state index in [4.69, 9.17) is 12.2 Å². The first-order valence-corrected chi connectivity index (χ1v) is 9.09. The largest absolute Gasteiger partial charge is 0.358 e. The van der Waals surface area contributed by atoms with Crippen LogP contribution in [0.25, 0.3) is 0 Å². The van der Waals surface area contributed by atoms with Gasteiger partial charge in [-0.05, 0) is 74.5 Å². The van der Waals surface area contributed by atoms with Crippen molar-refractivity contribution in [3.63, 3.8) is 0 Å². The lowest BCUT2D eigenvalue weighted by atomic mass is 9.85. The van der Waals surface area contributed by atoms with Crippen molar-refractivity contribution >= 4 is 17.3 Å². The maximum absolute atomic E-state index is 5.60. The van der Waals surface area contributed by atoms with Gasteiger partial charge < -0.3 is 10.6 Å². The van der Waals surface area contributed by atoms with Crippen LogP contribution in [0.2, 0.25) is 0 Å². The lowest BCUT2D eigenvalue weighted by Gasteiger charge is -2.30. The average Bonchev–Trinajstić information content (AvgIpc) is 2.51. The first kappa shape index (κ1) is 17.0. The first-order valence-electron chi connectivity index (χ1n) is 8.68. The zero-order chi connectivity index (χ0) is 17.2. The van der Waals surface area contributed by atoms with Crippen LogP contribution >= 0.6 is 12.2 Å². The lowest BCUT2D eigenvalue weighted by Crippen LogP contribution is -2.47. The number of rotatable bonds is 1. The fourth-order valence-electron chi connectivity index (χ4n) is 3.39. The van der Waals surface area contributed by atoms with Gasteiger partial charge in [0.25, 0.3) is 0 Å². The monoisotopic (exact) mass is 338 g/mol. The van der Waals surface area contributed by atoms with E-state index in [2.05, 4.69) is 79.9 Å². The third kappa shape index (κ3) is 3.96. The highest BCUT2D eigenvalue weighted by Gasteiger charge is 2.23. The van der Waals surface area contributed by atoms with Crippen LogP contribution < -0.4 is 10.6 Å². The number of fused-ring (bicyclic) bond motifs is 2. The molecule has 24 heavy (non-hydrogen) atoms. The van der Waals surface area contributed by atoms with Crippen molar-refractivity contribution in [2.45, 2.75) is 51.6 Å². The predicted molar refractivity (Wildman–Crippen MR) is 105 cm³/mol. The molecule has 0 atom stereocenters. The van der Waals surface area contributed by atoms with E-state index in [1.54, 1.807) is 0 Å². The van der Waals surface area contributed by atoms with Crippen LogP contribution in [0.3, 0.4) is 0 Å². The summed E-state index contributed by atoms with van der Waals surface area (Å²) in [6.07, 6.45) is 3.41. The Hall–Kier alpha value is -1.87. The Morgan fingerprint density at radius 3 is 1.92 bits per heavy atom. The van der Waals surface area contributed by atoms with Crippen LogP contribution in [0.1, 0.15) is 55.5 Å². The highest BCUT2D eigenvalue weighted by Crippen LogP contribution is 2.31. The van der Waals surface area contributed by atoms with Crippen LogP contribution in [0.5, 0.6) is 0 Å². The van der Waals surface area contributed by atoms with E-state index >= 15 is 0 Å². The molecule has 0 aromatic heterocycles. The van der Waals surface area contributed by atoms with Gasteiger partial charge in [0.15, 0.2) is 5.11 Å². The van der Waals surface area contributed by atoms with Gasteiger partial charge in [0.1, 0.15) is 0 Å². The summed E-state index contributed by atoms with van der Waals surface area (Å²) in [6.45, 7) is 6.38. The summed E-state index contributed by atoms with van der Waals surface area (Å²) < 4.78 is 0. The molecule has 0 amide bonds. The van der Waals surface area contributed by atoms with Gasteiger partial charge in [0.05, 0.1) is 6.04 Å². The van der Waals surface area contributed by atoms with Crippen molar-refractivity contribution in [1.82, 2.24) is 10.6 Å². The molecule has 0 saturated heterocycles. The minimum Gasteiger partial charge on any atom is -0.358 e. The Morgan fingerprint density at radius 2 is 1.42 bits per heavy atom. The molecule has 0 spiro atoms. The Kier molecular flexibility index (Phi) is 4.91. The summed E-state index contributed by atoms with van der Waals surface area (Å²) in [5, 5.41) is 7.67. The second kappa shape index (κ2) is 6.94. The molecule has 2 N–H and O–H groups in total. The van der Waals surface area contributed by atoms with E-state index in [9.17, 15) is 0 Å². The van der Waals surface area contributed by atoms with Gasteiger partial charge in [-0.15, -0.1) is 0 Å². The fraction of sp³-hybridized carbons (Fsp3) is 0.381. The molecule has 0 unspecified atom stereocenters. The van der Waals surface area contributed by atoms with Crippen molar-refractivity contribution in [2.24, 2.45) is 0 Å². The minimum absolute atomic E-state index is 0.0509. The summed E-state index contributed by atoms with van der Waals surface area (Å²) in [5.41, 5.74) is 5.46. The summed E-state index contributed by atoms with van der Waals surface area (Å²) in [5.74, 6) is 0. The number of nitrogens with one attached hydrogen (secondary N) is 2. The molecule has 0 radical (unpaired) electrons. The number of hydrogen-bond acceptors (Lipinski definition) is 1. The second-order valence-corrected chi connectivity index (χ2v) is 7.94. The molecule has 3 rings (SSSR count). The number of benzene rings is 2. The van der Waals surface area contributed by atoms with Crippen LogP contribution in [0.4, 0.5) is 0 Å². The normalized spacial score (nSPS) is 14.8. The van der Waals surface area contributed by atoms with Gasteiger partial charge in [-0.1, -0.05) is 48.5 Å². The van der Waals surface area contributed by atoms with E-state index in [0.717, 1.165) is 12.8 Å². The van der Waals surface area contributed by atoms with Gasteiger partial charge in [-0.25, -0.2) is 0 Å². The van der Waals surface area contributed by atoms with E-state index in [0.29, 0.717) is 5.11 Å². The number of aryl methyl sites for hydroxylation is 2. The van der Waals surface area contributed by atoms with Gasteiger partial charge in [-0.2, -0.15) is 0 Å². The van der Waals surface area contributed by atoms with Crippen molar-refractivity contribution in [1.29, 1.82) is 0 Å².